The molecule has 15 heavy (non-hydrogen) atoms. The molecule has 5 heteroatoms. The van der Waals surface area contributed by atoms with Crippen LogP contribution in [0.2, 0.25) is 0 Å². The monoisotopic (exact) mass is 217 g/mol. The average Bonchev–Trinajstić information content (AvgIpc) is 2.20. The van der Waals surface area contributed by atoms with E-state index in [4.69, 9.17) is 15.6 Å². The van der Waals surface area contributed by atoms with Crippen LogP contribution in [0.4, 0.5) is 8.78 Å². The molecule has 1 aromatic rings. The minimum Gasteiger partial charge on any atom is -0.489 e. The molecule has 0 heterocycles. The van der Waals surface area contributed by atoms with E-state index < -0.39 is 17.7 Å². The maximum Gasteiger partial charge on any atom is 0.165 e. The second kappa shape index (κ2) is 5.63. The van der Waals surface area contributed by atoms with Crippen LogP contribution >= 0.6 is 0 Å². The van der Waals surface area contributed by atoms with Gasteiger partial charge in [-0.25, -0.2) is 8.78 Å². The minimum atomic E-state index is -0.632. The molecule has 1 unspecified atom stereocenters. The summed E-state index contributed by atoms with van der Waals surface area (Å²) in [5.41, 5.74) is 5.52. The average molecular weight is 217 g/mol. The summed E-state index contributed by atoms with van der Waals surface area (Å²) in [5.74, 6) is -1.36. The first-order chi connectivity index (χ1) is 7.13. The van der Waals surface area contributed by atoms with Gasteiger partial charge >= 0.3 is 0 Å². The predicted octanol–water partition coefficient (Wildman–Crippen LogP) is 1.05. The molecule has 0 amide bonds. The van der Waals surface area contributed by atoms with E-state index in [-0.39, 0.29) is 19.0 Å². The summed E-state index contributed by atoms with van der Waals surface area (Å²) in [6.07, 6.45) is 0.358. The Morgan fingerprint density at radius 3 is 2.80 bits per heavy atom. The second-order valence-electron chi connectivity index (χ2n) is 3.16. The SMILES string of the molecule is NC(CCO)COc1cc(F)ccc1F. The number of aliphatic hydroxyl groups excluding tert-OH is 1. The van der Waals surface area contributed by atoms with Crippen molar-refractivity contribution < 1.29 is 18.6 Å². The molecule has 84 valence electrons. The maximum absolute atomic E-state index is 13.0. The van der Waals surface area contributed by atoms with Gasteiger partial charge < -0.3 is 15.6 Å². The molecule has 0 fully saturated rings. The van der Waals surface area contributed by atoms with Crippen molar-refractivity contribution in [1.29, 1.82) is 0 Å². The summed E-state index contributed by atoms with van der Waals surface area (Å²) in [6, 6.07) is 2.57. The highest BCUT2D eigenvalue weighted by Gasteiger charge is 2.07. The third-order valence-electron chi connectivity index (χ3n) is 1.85. The molecular weight excluding hydrogens is 204 g/mol. The fourth-order valence-electron chi connectivity index (χ4n) is 1.03. The zero-order valence-corrected chi connectivity index (χ0v) is 8.12. The van der Waals surface area contributed by atoms with Crippen LogP contribution in [0.25, 0.3) is 0 Å². The summed E-state index contributed by atoms with van der Waals surface area (Å²) >= 11 is 0. The molecule has 1 atom stereocenters. The molecule has 0 bridgehead atoms. The number of rotatable bonds is 5. The first-order valence-corrected chi connectivity index (χ1v) is 4.57. The topological polar surface area (TPSA) is 55.5 Å². The van der Waals surface area contributed by atoms with Crippen LogP contribution in [0.5, 0.6) is 5.75 Å². The van der Waals surface area contributed by atoms with Crippen LogP contribution < -0.4 is 10.5 Å². The van der Waals surface area contributed by atoms with Gasteiger partial charge in [0.2, 0.25) is 0 Å². The van der Waals surface area contributed by atoms with E-state index >= 15 is 0 Å². The van der Waals surface area contributed by atoms with Crippen molar-refractivity contribution in [2.24, 2.45) is 5.73 Å². The van der Waals surface area contributed by atoms with E-state index in [2.05, 4.69) is 0 Å². The normalized spacial score (nSPS) is 12.5. The van der Waals surface area contributed by atoms with Crippen molar-refractivity contribution in [3.63, 3.8) is 0 Å². The van der Waals surface area contributed by atoms with Crippen LogP contribution in [0, 0.1) is 11.6 Å². The van der Waals surface area contributed by atoms with E-state index in [9.17, 15) is 8.78 Å². The molecule has 3 nitrogen and oxygen atoms in total. The number of halogens is 2. The molecule has 0 spiro atoms. The third-order valence-corrected chi connectivity index (χ3v) is 1.85. The van der Waals surface area contributed by atoms with Crippen LogP contribution in [0.1, 0.15) is 6.42 Å². The highest BCUT2D eigenvalue weighted by molar-refractivity contribution is 5.24. The van der Waals surface area contributed by atoms with Crippen LogP contribution in [0.3, 0.4) is 0 Å². The lowest BCUT2D eigenvalue weighted by Gasteiger charge is -2.12. The highest BCUT2D eigenvalue weighted by Crippen LogP contribution is 2.17. The summed E-state index contributed by atoms with van der Waals surface area (Å²) in [5, 5.41) is 8.56. The van der Waals surface area contributed by atoms with E-state index in [1.54, 1.807) is 0 Å². The van der Waals surface area contributed by atoms with E-state index in [1.807, 2.05) is 0 Å². The number of ether oxygens (including phenoxy) is 1. The van der Waals surface area contributed by atoms with Crippen molar-refractivity contribution in [3.05, 3.63) is 29.8 Å². The highest BCUT2D eigenvalue weighted by atomic mass is 19.1. The summed E-state index contributed by atoms with van der Waals surface area (Å²) < 4.78 is 30.7. The van der Waals surface area contributed by atoms with Crippen LogP contribution in [-0.2, 0) is 0 Å². The van der Waals surface area contributed by atoms with E-state index in [1.165, 1.54) is 0 Å². The number of aliphatic hydroxyl groups is 1. The zero-order chi connectivity index (χ0) is 11.3. The van der Waals surface area contributed by atoms with Gasteiger partial charge in [0.05, 0.1) is 0 Å². The number of hydrogen-bond acceptors (Lipinski definition) is 3. The zero-order valence-electron chi connectivity index (χ0n) is 8.12. The first kappa shape index (κ1) is 11.9. The quantitative estimate of drug-likeness (QED) is 0.775. The fraction of sp³-hybridized carbons (Fsp3) is 0.400. The van der Waals surface area contributed by atoms with Gasteiger partial charge in [0.25, 0.3) is 0 Å². The molecule has 3 N–H and O–H groups in total. The summed E-state index contributed by atoms with van der Waals surface area (Å²) in [6.45, 7) is -0.0168. The van der Waals surface area contributed by atoms with Crippen molar-refractivity contribution in [2.75, 3.05) is 13.2 Å². The summed E-state index contributed by atoms with van der Waals surface area (Å²) in [7, 11) is 0. The minimum absolute atomic E-state index is 0.0426. The predicted molar refractivity (Wildman–Crippen MR) is 51.5 cm³/mol. The molecule has 0 aromatic heterocycles. The van der Waals surface area contributed by atoms with Crippen LogP contribution in [0.15, 0.2) is 18.2 Å². The lowest BCUT2D eigenvalue weighted by Crippen LogP contribution is -2.29. The molecule has 0 aliphatic carbocycles. The van der Waals surface area contributed by atoms with Gasteiger partial charge in [0.1, 0.15) is 12.4 Å². The molecule has 0 radical (unpaired) electrons. The van der Waals surface area contributed by atoms with E-state index in [0.29, 0.717) is 6.42 Å². The Balaban J connectivity index is 2.53. The largest absolute Gasteiger partial charge is 0.489 e. The molecule has 0 aliphatic heterocycles. The van der Waals surface area contributed by atoms with Crippen LogP contribution in [-0.4, -0.2) is 24.4 Å². The van der Waals surface area contributed by atoms with Gasteiger partial charge in [-0.2, -0.15) is 0 Å². The van der Waals surface area contributed by atoms with Gasteiger partial charge in [-0.1, -0.05) is 0 Å². The first-order valence-electron chi connectivity index (χ1n) is 4.57. The fourth-order valence-corrected chi connectivity index (χ4v) is 1.03. The van der Waals surface area contributed by atoms with Gasteiger partial charge in [-0.05, 0) is 18.6 Å². The molecule has 0 aliphatic rings. The lowest BCUT2D eigenvalue weighted by molar-refractivity contribution is 0.228. The summed E-state index contributed by atoms with van der Waals surface area (Å²) in [4.78, 5) is 0. The van der Waals surface area contributed by atoms with Gasteiger partial charge in [0, 0.05) is 18.7 Å². The molecule has 0 saturated heterocycles. The van der Waals surface area contributed by atoms with E-state index in [0.717, 1.165) is 18.2 Å². The Hall–Kier alpha value is -1.20. The maximum atomic E-state index is 13.0. The number of hydrogen-bond donors (Lipinski definition) is 2. The molecule has 0 saturated carbocycles. The molecular formula is C10H13F2NO2. The Morgan fingerprint density at radius 2 is 2.13 bits per heavy atom. The van der Waals surface area contributed by atoms with Crippen molar-refractivity contribution >= 4 is 0 Å². The Morgan fingerprint density at radius 1 is 1.40 bits per heavy atom. The Labute approximate surface area is 86.5 Å². The Kier molecular flexibility index (Phi) is 4.45. The van der Waals surface area contributed by atoms with Crippen molar-refractivity contribution in [2.45, 2.75) is 12.5 Å². The van der Waals surface area contributed by atoms with Crippen molar-refractivity contribution in [1.82, 2.24) is 0 Å². The second-order valence-corrected chi connectivity index (χ2v) is 3.16. The van der Waals surface area contributed by atoms with Crippen molar-refractivity contribution in [3.8, 4) is 5.75 Å². The number of benzene rings is 1. The smallest absolute Gasteiger partial charge is 0.165 e. The molecule has 1 aromatic carbocycles. The standard InChI is InChI=1S/C10H13F2NO2/c11-7-1-2-9(12)10(5-7)15-6-8(13)3-4-14/h1-2,5,8,14H,3-4,6,13H2. The van der Waals surface area contributed by atoms with Gasteiger partial charge in [-0.15, -0.1) is 0 Å². The van der Waals surface area contributed by atoms with Gasteiger partial charge in [0.15, 0.2) is 11.6 Å². The third kappa shape index (κ3) is 3.81. The lowest BCUT2D eigenvalue weighted by atomic mass is 10.2. The number of nitrogens with two attached hydrogens (primary N) is 1. The van der Waals surface area contributed by atoms with Gasteiger partial charge in [-0.3, -0.25) is 0 Å². The Bertz CT molecular complexity index is 320. The molecule has 1 rings (SSSR count).